The molecule has 0 aliphatic carbocycles. The minimum atomic E-state index is 0. The molecule has 64 valence electrons. The Kier molecular flexibility index (Phi) is 10.1. The fourth-order valence-electron chi connectivity index (χ4n) is 0.561. The summed E-state index contributed by atoms with van der Waals surface area (Å²) >= 11 is 0. The van der Waals surface area contributed by atoms with E-state index in [1.165, 1.54) is 0 Å². The molecule has 0 rings (SSSR count). The minimum Gasteiger partial charge on any atom is -0.386 e. The fraction of sp³-hybridized carbons (Fsp3) is 0.750. The molecule has 0 aromatic carbocycles. The predicted molar refractivity (Wildman–Crippen MR) is 49.7 cm³/mol. The Morgan fingerprint density at radius 2 is 2.20 bits per heavy atom. The number of nitrogens with one attached hydrogen (secondary N) is 1. The topological polar surface area (TPSA) is 38.0 Å². The molecule has 0 aromatic heterocycles. The molecule has 2 heteroatoms. The van der Waals surface area contributed by atoms with Crippen molar-refractivity contribution in [3.63, 3.8) is 0 Å². The molecule has 3 N–H and O–H groups in total. The lowest BCUT2D eigenvalue weighted by molar-refractivity contribution is 0.756. The first-order chi connectivity index (χ1) is 4.31. The van der Waals surface area contributed by atoms with Crippen molar-refractivity contribution >= 4 is 0 Å². The zero-order chi connectivity index (χ0) is 7.11. The van der Waals surface area contributed by atoms with Crippen LogP contribution in [0.1, 0.15) is 35.5 Å². The van der Waals surface area contributed by atoms with Crippen LogP contribution in [0.5, 0.6) is 0 Å². The van der Waals surface area contributed by atoms with Crippen LogP contribution in [0.15, 0.2) is 11.9 Å². The van der Waals surface area contributed by atoms with Crippen molar-refractivity contribution in [2.75, 3.05) is 6.54 Å². The number of hydrogen-bond acceptors (Lipinski definition) is 2. The Balaban J connectivity index is -0.000000320. The van der Waals surface area contributed by atoms with Gasteiger partial charge in [-0.2, -0.15) is 0 Å². The van der Waals surface area contributed by atoms with E-state index in [0.29, 0.717) is 0 Å². The molecule has 0 aromatic rings. The highest BCUT2D eigenvalue weighted by Gasteiger charge is 1.82. The van der Waals surface area contributed by atoms with Gasteiger partial charge in [0.25, 0.3) is 0 Å². The van der Waals surface area contributed by atoms with Gasteiger partial charge < -0.3 is 11.1 Å². The van der Waals surface area contributed by atoms with Crippen molar-refractivity contribution in [3.05, 3.63) is 11.9 Å². The summed E-state index contributed by atoms with van der Waals surface area (Å²) < 4.78 is 0. The highest BCUT2D eigenvalue weighted by Crippen LogP contribution is 1.82. The molecule has 0 fully saturated rings. The van der Waals surface area contributed by atoms with Gasteiger partial charge in [0.2, 0.25) is 0 Å². The van der Waals surface area contributed by atoms with Crippen molar-refractivity contribution in [3.8, 4) is 0 Å². The molecule has 10 heavy (non-hydrogen) atoms. The van der Waals surface area contributed by atoms with Gasteiger partial charge in [0.1, 0.15) is 0 Å². The third-order valence-electron chi connectivity index (χ3n) is 1.00. The Morgan fingerprint density at radius 3 is 2.60 bits per heavy atom. The van der Waals surface area contributed by atoms with E-state index in [9.17, 15) is 0 Å². The van der Waals surface area contributed by atoms with Crippen LogP contribution in [0.4, 0.5) is 0 Å². The van der Waals surface area contributed by atoms with Gasteiger partial charge in [0.15, 0.2) is 0 Å². The van der Waals surface area contributed by atoms with Gasteiger partial charge in [0, 0.05) is 7.97 Å². The van der Waals surface area contributed by atoms with Crippen molar-refractivity contribution in [2.45, 2.75) is 34.1 Å². The molecule has 0 heterocycles. The van der Waals surface area contributed by atoms with E-state index in [-0.39, 0.29) is 8.85 Å². The molecule has 0 atom stereocenters. The van der Waals surface area contributed by atoms with Crippen molar-refractivity contribution in [1.29, 1.82) is 0 Å². The van der Waals surface area contributed by atoms with E-state index in [1.54, 1.807) is 0 Å². The zero-order valence-corrected chi connectivity index (χ0v) is 6.28. The summed E-state index contributed by atoms with van der Waals surface area (Å²) in [5, 5.41) is 3.07. The van der Waals surface area contributed by atoms with E-state index in [2.05, 4.69) is 19.2 Å². The van der Waals surface area contributed by atoms with Crippen LogP contribution in [0.2, 0.25) is 0 Å². The Morgan fingerprint density at radius 1 is 1.60 bits per heavy atom. The van der Waals surface area contributed by atoms with Gasteiger partial charge in [-0.05, 0) is 18.9 Å². The van der Waals surface area contributed by atoms with Crippen LogP contribution in [0.25, 0.3) is 0 Å². The van der Waals surface area contributed by atoms with Crippen LogP contribution in [0, 0.1) is 0 Å². The lowest BCUT2D eigenvalue weighted by atomic mass is 10.4. The number of rotatable bonds is 4. The normalized spacial score (nSPS) is 10.4. The molecular formula is C8H22N2. The standard InChI is InChI=1S/C7H16N2.CH4.H2/c1-3-5-7(8)9-6-4-2;;/h5,9H,3-4,6,8H2,1-2H3;1H4;1H/b7-5+;;. The molecule has 0 saturated carbocycles. The smallest absolute Gasteiger partial charge is 0.0918 e. The zero-order valence-electron chi connectivity index (χ0n) is 6.28. The van der Waals surface area contributed by atoms with Crippen molar-refractivity contribution in [1.82, 2.24) is 5.32 Å². The maximum Gasteiger partial charge on any atom is 0.0918 e. The largest absolute Gasteiger partial charge is 0.386 e. The molecule has 0 radical (unpaired) electrons. The number of nitrogens with two attached hydrogens (primary N) is 1. The summed E-state index contributed by atoms with van der Waals surface area (Å²) in [4.78, 5) is 0. The molecule has 2 nitrogen and oxygen atoms in total. The third kappa shape index (κ3) is 7.34. The fourth-order valence-corrected chi connectivity index (χ4v) is 0.561. The maximum atomic E-state index is 5.52. The monoisotopic (exact) mass is 146 g/mol. The Labute approximate surface area is 66.0 Å². The second-order valence-corrected chi connectivity index (χ2v) is 1.99. The SMILES string of the molecule is C.CC/C=C(\N)NCCC.[HH]. The van der Waals surface area contributed by atoms with Gasteiger partial charge in [-0.1, -0.05) is 21.3 Å². The lowest BCUT2D eigenvalue weighted by Crippen LogP contribution is -2.20. The van der Waals surface area contributed by atoms with Crippen molar-refractivity contribution < 1.29 is 1.43 Å². The summed E-state index contributed by atoms with van der Waals surface area (Å²) in [5.41, 5.74) is 5.52. The molecule has 0 amide bonds. The summed E-state index contributed by atoms with van der Waals surface area (Å²) in [7, 11) is 0. The molecular weight excluding hydrogens is 124 g/mol. The molecule has 0 bridgehead atoms. The first-order valence-corrected chi connectivity index (χ1v) is 3.50. The Bertz CT molecular complexity index is 92.1. The highest BCUT2D eigenvalue weighted by molar-refractivity contribution is 4.92. The lowest BCUT2D eigenvalue weighted by Gasteiger charge is -2.02. The van der Waals surface area contributed by atoms with Gasteiger partial charge in [0.05, 0.1) is 5.82 Å². The van der Waals surface area contributed by atoms with E-state index >= 15 is 0 Å². The third-order valence-corrected chi connectivity index (χ3v) is 1.00. The van der Waals surface area contributed by atoms with Crippen LogP contribution in [-0.4, -0.2) is 6.54 Å². The number of allylic oxidation sites excluding steroid dienone is 1. The second-order valence-electron chi connectivity index (χ2n) is 1.99. The average Bonchev–Trinajstić information content (AvgIpc) is 1.85. The molecule has 0 unspecified atom stereocenters. The van der Waals surface area contributed by atoms with Crippen molar-refractivity contribution in [2.24, 2.45) is 5.73 Å². The van der Waals surface area contributed by atoms with E-state index in [4.69, 9.17) is 5.73 Å². The van der Waals surface area contributed by atoms with Crippen LogP contribution in [0.3, 0.4) is 0 Å². The van der Waals surface area contributed by atoms with E-state index in [0.717, 1.165) is 25.2 Å². The Hall–Kier alpha value is -0.660. The molecule has 0 aliphatic heterocycles. The first kappa shape index (κ1) is 12.1. The van der Waals surface area contributed by atoms with Crippen LogP contribution in [-0.2, 0) is 0 Å². The molecule has 0 saturated heterocycles. The summed E-state index contributed by atoms with van der Waals surface area (Å²) in [6, 6.07) is 0. The summed E-state index contributed by atoms with van der Waals surface area (Å²) in [6.45, 7) is 5.16. The van der Waals surface area contributed by atoms with E-state index in [1.807, 2.05) is 6.08 Å². The predicted octanol–water partition coefficient (Wildman–Crippen LogP) is 2.08. The quantitative estimate of drug-likeness (QED) is 0.637. The summed E-state index contributed by atoms with van der Waals surface area (Å²) in [6.07, 6.45) is 4.11. The molecule has 0 spiro atoms. The van der Waals surface area contributed by atoms with Gasteiger partial charge in [-0.3, -0.25) is 0 Å². The average molecular weight is 146 g/mol. The first-order valence-electron chi connectivity index (χ1n) is 3.50. The molecule has 0 aliphatic rings. The van der Waals surface area contributed by atoms with Gasteiger partial charge >= 0.3 is 0 Å². The van der Waals surface area contributed by atoms with E-state index < -0.39 is 0 Å². The second kappa shape index (κ2) is 8.34. The number of hydrogen-bond donors (Lipinski definition) is 2. The van der Waals surface area contributed by atoms with Crippen LogP contribution >= 0.6 is 0 Å². The van der Waals surface area contributed by atoms with Gasteiger partial charge in [-0.15, -0.1) is 0 Å². The highest BCUT2D eigenvalue weighted by atomic mass is 15.0. The van der Waals surface area contributed by atoms with Crippen LogP contribution < -0.4 is 11.1 Å². The maximum absolute atomic E-state index is 5.52. The minimum absolute atomic E-state index is 0. The van der Waals surface area contributed by atoms with Gasteiger partial charge in [-0.25, -0.2) is 0 Å². The summed E-state index contributed by atoms with van der Waals surface area (Å²) in [5.74, 6) is 0.805.